The Labute approximate surface area is 119 Å². The molecule has 0 aromatic heterocycles. The van der Waals surface area contributed by atoms with E-state index in [-0.39, 0.29) is 0 Å². The predicted molar refractivity (Wildman–Crippen MR) is 80.7 cm³/mol. The minimum absolute atomic E-state index is 0.857. The largest absolute Gasteiger partial charge is 0.312 e. The number of rotatable bonds is 5. The van der Waals surface area contributed by atoms with Crippen molar-refractivity contribution in [2.75, 3.05) is 26.2 Å². The molecule has 1 aliphatic rings. The van der Waals surface area contributed by atoms with E-state index in [4.69, 9.17) is 0 Å². The Morgan fingerprint density at radius 3 is 2.67 bits per heavy atom. The molecule has 1 saturated heterocycles. The summed E-state index contributed by atoms with van der Waals surface area (Å²) in [6.45, 7) is 8.13. The summed E-state index contributed by atoms with van der Waals surface area (Å²) in [4.78, 5) is 2.55. The van der Waals surface area contributed by atoms with Crippen LogP contribution in [-0.2, 0) is 6.54 Å². The van der Waals surface area contributed by atoms with Gasteiger partial charge < -0.3 is 10.2 Å². The van der Waals surface area contributed by atoms with Crippen molar-refractivity contribution in [3.63, 3.8) is 0 Å². The molecule has 1 heterocycles. The second kappa shape index (κ2) is 7.27. The summed E-state index contributed by atoms with van der Waals surface area (Å²) in [5.41, 5.74) is 1.35. The molecule has 1 aliphatic heterocycles. The highest BCUT2D eigenvalue weighted by Gasteiger charge is 2.17. The average molecular weight is 311 g/mol. The molecule has 2 rings (SSSR count). The van der Waals surface area contributed by atoms with E-state index in [0.717, 1.165) is 19.0 Å². The third kappa shape index (κ3) is 4.08. The summed E-state index contributed by atoms with van der Waals surface area (Å²) < 4.78 is 1.21. The number of halogens is 1. The lowest BCUT2D eigenvalue weighted by atomic mass is 9.97. The maximum Gasteiger partial charge on any atom is 0.0220 e. The van der Waals surface area contributed by atoms with Crippen LogP contribution >= 0.6 is 15.9 Å². The van der Waals surface area contributed by atoms with Gasteiger partial charge in [0.2, 0.25) is 0 Å². The predicted octanol–water partition coefficient (Wildman–Crippen LogP) is 3.27. The SMILES string of the molecule is CCN1CCC(CNCc2ccccc2Br)CC1. The number of piperidine rings is 1. The lowest BCUT2D eigenvalue weighted by molar-refractivity contribution is 0.190. The summed E-state index contributed by atoms with van der Waals surface area (Å²) in [6, 6.07) is 8.45. The van der Waals surface area contributed by atoms with E-state index < -0.39 is 0 Å². The van der Waals surface area contributed by atoms with Crippen LogP contribution in [0.15, 0.2) is 28.7 Å². The molecule has 0 saturated carbocycles. The van der Waals surface area contributed by atoms with Crippen molar-refractivity contribution >= 4 is 15.9 Å². The van der Waals surface area contributed by atoms with E-state index in [1.165, 1.54) is 42.5 Å². The van der Waals surface area contributed by atoms with E-state index in [0.29, 0.717) is 0 Å². The third-order valence-electron chi connectivity index (χ3n) is 3.86. The normalized spacial score (nSPS) is 18.1. The molecule has 1 N–H and O–H groups in total. The van der Waals surface area contributed by atoms with Gasteiger partial charge in [0.1, 0.15) is 0 Å². The first kappa shape index (κ1) is 14.0. The van der Waals surface area contributed by atoms with Gasteiger partial charge >= 0.3 is 0 Å². The molecule has 1 aromatic rings. The molecule has 3 heteroatoms. The lowest BCUT2D eigenvalue weighted by Gasteiger charge is -2.31. The van der Waals surface area contributed by atoms with Gasteiger partial charge in [0.25, 0.3) is 0 Å². The third-order valence-corrected chi connectivity index (χ3v) is 4.63. The number of benzene rings is 1. The lowest BCUT2D eigenvalue weighted by Crippen LogP contribution is -2.36. The Kier molecular flexibility index (Phi) is 5.67. The highest BCUT2D eigenvalue weighted by atomic mass is 79.9. The highest BCUT2D eigenvalue weighted by molar-refractivity contribution is 9.10. The molecular formula is C15H23BrN2. The van der Waals surface area contributed by atoms with Crippen molar-refractivity contribution in [1.82, 2.24) is 10.2 Å². The van der Waals surface area contributed by atoms with Crippen LogP contribution in [0.1, 0.15) is 25.3 Å². The van der Waals surface area contributed by atoms with E-state index in [1.807, 2.05) is 0 Å². The molecule has 0 radical (unpaired) electrons. The molecular weight excluding hydrogens is 288 g/mol. The van der Waals surface area contributed by atoms with Gasteiger partial charge in [-0.2, -0.15) is 0 Å². The Balaban J connectivity index is 1.69. The summed E-state index contributed by atoms with van der Waals surface area (Å²) in [6.07, 6.45) is 2.69. The Hall–Kier alpha value is -0.380. The smallest absolute Gasteiger partial charge is 0.0220 e. The monoisotopic (exact) mass is 310 g/mol. The van der Waals surface area contributed by atoms with Gasteiger partial charge in [-0.15, -0.1) is 0 Å². The Morgan fingerprint density at radius 1 is 1.28 bits per heavy atom. The fraction of sp³-hybridized carbons (Fsp3) is 0.600. The molecule has 1 fully saturated rings. The van der Waals surface area contributed by atoms with E-state index in [1.54, 1.807) is 0 Å². The van der Waals surface area contributed by atoms with Crippen LogP contribution in [0.4, 0.5) is 0 Å². The first-order valence-corrected chi connectivity index (χ1v) is 7.75. The van der Waals surface area contributed by atoms with Gasteiger partial charge in [0, 0.05) is 11.0 Å². The average Bonchev–Trinajstić information content (AvgIpc) is 2.42. The Bertz CT molecular complexity index is 359. The minimum Gasteiger partial charge on any atom is -0.312 e. The number of hydrogen-bond acceptors (Lipinski definition) is 2. The fourth-order valence-electron chi connectivity index (χ4n) is 2.56. The van der Waals surface area contributed by atoms with Crippen LogP contribution in [-0.4, -0.2) is 31.1 Å². The summed E-state index contributed by atoms with van der Waals surface area (Å²) in [7, 11) is 0. The second-order valence-corrected chi connectivity index (χ2v) is 5.95. The summed E-state index contributed by atoms with van der Waals surface area (Å²) >= 11 is 3.59. The van der Waals surface area contributed by atoms with Crippen LogP contribution in [0, 0.1) is 5.92 Å². The van der Waals surface area contributed by atoms with E-state index in [9.17, 15) is 0 Å². The van der Waals surface area contributed by atoms with Crippen LogP contribution in [0.2, 0.25) is 0 Å². The number of likely N-dealkylation sites (tertiary alicyclic amines) is 1. The molecule has 1 aromatic carbocycles. The minimum atomic E-state index is 0.857. The van der Waals surface area contributed by atoms with Crippen molar-refractivity contribution in [2.24, 2.45) is 5.92 Å². The highest BCUT2D eigenvalue weighted by Crippen LogP contribution is 2.18. The molecule has 0 aliphatic carbocycles. The number of nitrogens with zero attached hydrogens (tertiary/aromatic N) is 1. The Morgan fingerprint density at radius 2 is 2.00 bits per heavy atom. The molecule has 0 spiro atoms. The zero-order chi connectivity index (χ0) is 12.8. The van der Waals surface area contributed by atoms with Gasteiger partial charge in [-0.25, -0.2) is 0 Å². The van der Waals surface area contributed by atoms with E-state index in [2.05, 4.69) is 57.3 Å². The second-order valence-electron chi connectivity index (χ2n) is 5.10. The molecule has 2 nitrogen and oxygen atoms in total. The zero-order valence-corrected chi connectivity index (χ0v) is 12.7. The standard InChI is InChI=1S/C15H23BrN2/c1-2-18-9-7-13(8-10-18)11-17-12-14-5-3-4-6-15(14)16/h3-6,13,17H,2,7-12H2,1H3. The van der Waals surface area contributed by atoms with Crippen molar-refractivity contribution in [1.29, 1.82) is 0 Å². The van der Waals surface area contributed by atoms with Gasteiger partial charge in [-0.05, 0) is 56.6 Å². The van der Waals surface area contributed by atoms with Crippen LogP contribution in [0.3, 0.4) is 0 Å². The molecule has 0 bridgehead atoms. The first-order valence-electron chi connectivity index (χ1n) is 6.96. The van der Waals surface area contributed by atoms with Crippen LogP contribution in [0.5, 0.6) is 0 Å². The van der Waals surface area contributed by atoms with Gasteiger partial charge in [0.05, 0.1) is 0 Å². The van der Waals surface area contributed by atoms with Crippen molar-refractivity contribution < 1.29 is 0 Å². The molecule has 0 amide bonds. The van der Waals surface area contributed by atoms with Crippen LogP contribution < -0.4 is 5.32 Å². The van der Waals surface area contributed by atoms with Crippen LogP contribution in [0.25, 0.3) is 0 Å². The number of nitrogens with one attached hydrogen (secondary N) is 1. The summed E-state index contributed by atoms with van der Waals surface area (Å²) in [5.74, 6) is 0.857. The number of hydrogen-bond donors (Lipinski definition) is 1. The first-order chi connectivity index (χ1) is 8.79. The fourth-order valence-corrected chi connectivity index (χ4v) is 2.98. The molecule has 0 atom stereocenters. The quantitative estimate of drug-likeness (QED) is 0.898. The summed E-state index contributed by atoms with van der Waals surface area (Å²) in [5, 5.41) is 3.60. The van der Waals surface area contributed by atoms with Crippen molar-refractivity contribution in [3.05, 3.63) is 34.3 Å². The molecule has 18 heavy (non-hydrogen) atoms. The zero-order valence-electron chi connectivity index (χ0n) is 11.2. The maximum absolute atomic E-state index is 3.60. The van der Waals surface area contributed by atoms with E-state index >= 15 is 0 Å². The van der Waals surface area contributed by atoms with Crippen molar-refractivity contribution in [3.8, 4) is 0 Å². The van der Waals surface area contributed by atoms with Crippen molar-refractivity contribution in [2.45, 2.75) is 26.3 Å². The maximum atomic E-state index is 3.60. The van der Waals surface area contributed by atoms with Gasteiger partial charge in [-0.1, -0.05) is 41.1 Å². The van der Waals surface area contributed by atoms with Gasteiger partial charge in [-0.3, -0.25) is 0 Å². The molecule has 0 unspecified atom stereocenters. The topological polar surface area (TPSA) is 15.3 Å². The van der Waals surface area contributed by atoms with Gasteiger partial charge in [0.15, 0.2) is 0 Å². The molecule has 100 valence electrons.